The number of hydrogen-bond donors (Lipinski definition) is 0. The van der Waals surface area contributed by atoms with Crippen molar-refractivity contribution in [3.8, 4) is 5.69 Å². The van der Waals surface area contributed by atoms with Gasteiger partial charge in [-0.2, -0.15) is 5.10 Å². The van der Waals surface area contributed by atoms with Crippen LogP contribution in [0.5, 0.6) is 0 Å². The summed E-state index contributed by atoms with van der Waals surface area (Å²) in [5.74, 6) is 0.500. The normalized spacial score (nSPS) is 14.0. The van der Waals surface area contributed by atoms with Crippen molar-refractivity contribution < 1.29 is 4.79 Å². The van der Waals surface area contributed by atoms with E-state index in [0.717, 1.165) is 40.7 Å². The number of fused-ring (bicyclic) bond motifs is 1. The molecule has 0 atom stereocenters. The molecule has 1 fully saturated rings. The molecule has 5 nitrogen and oxygen atoms in total. The number of nitrogens with zero attached hydrogens (tertiary/aromatic N) is 4. The molecule has 2 heterocycles. The number of benzene rings is 1. The number of hydrogen-bond acceptors (Lipinski definition) is 3. The molecule has 128 valence electrons. The lowest BCUT2D eigenvalue weighted by Crippen LogP contribution is -2.31. The van der Waals surface area contributed by atoms with Gasteiger partial charge in [-0.3, -0.25) is 9.78 Å². The van der Waals surface area contributed by atoms with Crippen molar-refractivity contribution in [2.75, 3.05) is 13.1 Å². The van der Waals surface area contributed by atoms with Gasteiger partial charge in [0, 0.05) is 30.6 Å². The largest absolute Gasteiger partial charge is 0.339 e. The smallest absolute Gasteiger partial charge is 0.257 e. The zero-order chi connectivity index (χ0) is 17.4. The van der Waals surface area contributed by atoms with E-state index in [0.29, 0.717) is 19.0 Å². The Morgan fingerprint density at radius 3 is 2.72 bits per heavy atom. The molecule has 0 aliphatic heterocycles. The Kier molecular flexibility index (Phi) is 3.99. The number of carbonyl (C=O) groups excluding carboxylic acids is 1. The van der Waals surface area contributed by atoms with Gasteiger partial charge in [-0.15, -0.1) is 0 Å². The van der Waals surface area contributed by atoms with Gasteiger partial charge in [0.25, 0.3) is 5.91 Å². The second-order valence-electron chi connectivity index (χ2n) is 6.45. The second kappa shape index (κ2) is 6.31. The van der Waals surface area contributed by atoms with E-state index in [1.54, 1.807) is 12.4 Å². The predicted molar refractivity (Wildman–Crippen MR) is 98.1 cm³/mol. The molecule has 0 bridgehead atoms. The van der Waals surface area contributed by atoms with Crippen LogP contribution in [-0.2, 0) is 0 Å². The molecule has 3 aromatic rings. The Morgan fingerprint density at radius 2 is 2.00 bits per heavy atom. The van der Waals surface area contributed by atoms with Gasteiger partial charge in [-0.1, -0.05) is 6.07 Å². The number of amides is 1. The highest BCUT2D eigenvalue weighted by molar-refractivity contribution is 5.96. The highest BCUT2D eigenvalue weighted by Gasteiger charge is 2.34. The third-order valence-electron chi connectivity index (χ3n) is 4.90. The highest BCUT2D eigenvalue weighted by atomic mass is 16.2. The topological polar surface area (TPSA) is 51.0 Å². The minimum Gasteiger partial charge on any atom is -0.339 e. The maximum atomic E-state index is 12.9. The average Bonchev–Trinajstić information content (AvgIpc) is 3.40. The summed E-state index contributed by atoms with van der Waals surface area (Å²) < 4.78 is 1.96. The molecule has 0 saturated heterocycles. The Bertz CT molecular complexity index is 917. The van der Waals surface area contributed by atoms with Crippen molar-refractivity contribution >= 4 is 16.8 Å². The highest BCUT2D eigenvalue weighted by Crippen LogP contribution is 2.43. The van der Waals surface area contributed by atoms with E-state index < -0.39 is 0 Å². The monoisotopic (exact) mass is 334 g/mol. The minimum absolute atomic E-state index is 0.0801. The van der Waals surface area contributed by atoms with Crippen molar-refractivity contribution in [1.29, 1.82) is 0 Å². The summed E-state index contributed by atoms with van der Waals surface area (Å²) in [6.45, 7) is 5.45. The predicted octanol–water partition coefficient (Wildman–Crippen LogP) is 3.78. The van der Waals surface area contributed by atoms with E-state index in [9.17, 15) is 4.79 Å². The number of aromatic nitrogens is 3. The van der Waals surface area contributed by atoms with Gasteiger partial charge in [0.15, 0.2) is 0 Å². The third kappa shape index (κ3) is 2.69. The lowest BCUT2D eigenvalue weighted by Gasteiger charge is -2.19. The fraction of sp³-hybridized carbons (Fsp3) is 0.350. The quantitative estimate of drug-likeness (QED) is 0.713. The molecule has 1 saturated carbocycles. The van der Waals surface area contributed by atoms with Gasteiger partial charge >= 0.3 is 0 Å². The van der Waals surface area contributed by atoms with Crippen LogP contribution in [-0.4, -0.2) is 38.7 Å². The maximum Gasteiger partial charge on any atom is 0.257 e. The van der Waals surface area contributed by atoms with Gasteiger partial charge in [0.2, 0.25) is 0 Å². The molecule has 5 heteroatoms. The molecule has 25 heavy (non-hydrogen) atoms. The van der Waals surface area contributed by atoms with Gasteiger partial charge in [-0.05, 0) is 51.0 Å². The van der Waals surface area contributed by atoms with Crippen LogP contribution in [0.1, 0.15) is 48.7 Å². The minimum atomic E-state index is 0.0801. The Morgan fingerprint density at radius 1 is 1.20 bits per heavy atom. The molecule has 0 unspecified atom stereocenters. The zero-order valence-corrected chi connectivity index (χ0v) is 14.6. The van der Waals surface area contributed by atoms with E-state index in [4.69, 9.17) is 0 Å². The summed E-state index contributed by atoms with van der Waals surface area (Å²) in [6.07, 6.45) is 5.77. The summed E-state index contributed by atoms with van der Waals surface area (Å²) in [6, 6.07) is 10.0. The van der Waals surface area contributed by atoms with Gasteiger partial charge in [0.05, 0.1) is 28.7 Å². The summed E-state index contributed by atoms with van der Waals surface area (Å²) in [5, 5.41) is 5.66. The van der Waals surface area contributed by atoms with E-state index in [1.807, 2.05) is 41.6 Å². The SMILES string of the molecule is CCN(CC)C(=O)c1cnn(-c2cccc3ncccc23)c1C1CC1. The van der Waals surface area contributed by atoms with Crippen molar-refractivity contribution in [3.63, 3.8) is 0 Å². The first kappa shape index (κ1) is 15.8. The van der Waals surface area contributed by atoms with Crippen LogP contribution in [0.25, 0.3) is 16.6 Å². The third-order valence-corrected chi connectivity index (χ3v) is 4.90. The summed E-state index contributed by atoms with van der Waals surface area (Å²) in [7, 11) is 0. The van der Waals surface area contributed by atoms with Crippen LogP contribution in [0.3, 0.4) is 0 Å². The van der Waals surface area contributed by atoms with Crippen molar-refractivity contribution in [3.05, 3.63) is 54.0 Å². The molecule has 0 N–H and O–H groups in total. The molecule has 1 aromatic carbocycles. The first-order valence-electron chi connectivity index (χ1n) is 8.95. The lowest BCUT2D eigenvalue weighted by atomic mass is 10.1. The fourth-order valence-electron chi connectivity index (χ4n) is 3.42. The Labute approximate surface area is 147 Å². The van der Waals surface area contributed by atoms with Crippen LogP contribution < -0.4 is 0 Å². The van der Waals surface area contributed by atoms with Crippen LogP contribution in [0, 0.1) is 0 Å². The molecule has 0 spiro atoms. The van der Waals surface area contributed by atoms with Gasteiger partial charge < -0.3 is 4.90 Å². The van der Waals surface area contributed by atoms with Crippen molar-refractivity contribution in [1.82, 2.24) is 19.7 Å². The molecular formula is C20H22N4O. The first-order chi connectivity index (χ1) is 12.2. The molecule has 1 aliphatic rings. The second-order valence-corrected chi connectivity index (χ2v) is 6.45. The number of carbonyl (C=O) groups is 1. The van der Waals surface area contributed by atoms with Crippen LogP contribution in [0.4, 0.5) is 0 Å². The van der Waals surface area contributed by atoms with E-state index in [1.165, 1.54) is 0 Å². The lowest BCUT2D eigenvalue weighted by molar-refractivity contribution is 0.0772. The standard InChI is InChI=1S/C20H22N4O/c1-3-23(4-2)20(25)16-13-22-24(19(16)14-10-11-14)18-9-5-8-17-15(18)7-6-12-21-17/h5-9,12-14H,3-4,10-11H2,1-2H3. The molecule has 0 radical (unpaired) electrons. The molecule has 1 aliphatic carbocycles. The molecule has 2 aromatic heterocycles. The number of rotatable bonds is 5. The van der Waals surface area contributed by atoms with Gasteiger partial charge in [-0.25, -0.2) is 4.68 Å². The van der Waals surface area contributed by atoms with Gasteiger partial charge in [0.1, 0.15) is 0 Å². The Balaban J connectivity index is 1.87. The molecular weight excluding hydrogens is 312 g/mol. The Hall–Kier alpha value is -2.69. The molecule has 1 amide bonds. The van der Waals surface area contributed by atoms with Crippen molar-refractivity contribution in [2.45, 2.75) is 32.6 Å². The summed E-state index contributed by atoms with van der Waals surface area (Å²) >= 11 is 0. The summed E-state index contributed by atoms with van der Waals surface area (Å²) in [4.78, 5) is 19.2. The maximum absolute atomic E-state index is 12.9. The van der Waals surface area contributed by atoms with E-state index in [-0.39, 0.29) is 5.91 Å². The van der Waals surface area contributed by atoms with E-state index >= 15 is 0 Å². The van der Waals surface area contributed by atoms with Crippen molar-refractivity contribution in [2.24, 2.45) is 0 Å². The zero-order valence-electron chi connectivity index (χ0n) is 14.6. The number of pyridine rings is 1. The average molecular weight is 334 g/mol. The first-order valence-corrected chi connectivity index (χ1v) is 8.95. The van der Waals surface area contributed by atoms with Crippen LogP contribution in [0.15, 0.2) is 42.7 Å². The van der Waals surface area contributed by atoms with E-state index in [2.05, 4.69) is 22.2 Å². The van der Waals surface area contributed by atoms with Crippen LogP contribution >= 0.6 is 0 Å². The fourth-order valence-corrected chi connectivity index (χ4v) is 3.42. The summed E-state index contributed by atoms with van der Waals surface area (Å²) in [5.41, 5.74) is 3.72. The molecule has 4 rings (SSSR count). The van der Waals surface area contributed by atoms with Crippen LogP contribution in [0.2, 0.25) is 0 Å².